The summed E-state index contributed by atoms with van der Waals surface area (Å²) in [6, 6.07) is 0. The van der Waals surface area contributed by atoms with Crippen molar-refractivity contribution in [3.05, 3.63) is 48.6 Å². The maximum atomic E-state index is 12.4. The molecule has 34 heteroatoms. The zero-order chi connectivity index (χ0) is 98.4. The molecule has 14 saturated carbocycles. The number of hydrogen-bond donors (Lipinski definition) is 2. The zero-order valence-electron chi connectivity index (χ0n) is 81.1. The molecule has 12 bridgehead atoms. The maximum Gasteiger partial charge on any atom is 0.347 e. The van der Waals surface area contributed by atoms with Crippen molar-refractivity contribution in [1.82, 2.24) is 0 Å². The standard InChI is InChI=1S/C16H26O3.C15H22O7S.C14H20O3.C13H16O7S.C12H22O2.C10H16O4.C10H16O2.C8H10O4/c1-4-14(2,3)13(17)19-16-8-11-5-12(9-16)7-15(18,6-11)10-16;1-4-15(2,3)14(17)20-7-11(16)21-12-8-5-9-10(6-8)23(18,19)22-13(9)12;1-9(2)12(15)17-14-6-10-3-11(7-14)5-13(16,4-10)8-14;1-6(2)13(15)18-5-10(14)19-11-7-3-8-9(4-7)21(16,17)20-12(8)11;1-5-11(2,3)10(13)14-12(4)8-6-7-9-12;1-4-10(2,3)9(12)14-7-5-6-13-8(7)11;1-8(2)9(11)12-10(3)6-4-5-7-10;1-5(2)7(9)12-6-3-4-11-8(6)10/h11-12,18H,4-10H2,1-3H3;8-10,12-13H,4-7H2,1-3H3;10-11,16H,1,3-8H2,2H3;7-9,11-12H,1,3-5H2,2H3;5-9H2,1-4H3;7H,4-6H2,1-3H3;1,4-7H2,2-3H3;6H,1,3-4H2,2H3. The van der Waals surface area contributed by atoms with Gasteiger partial charge in [-0.15, -0.1) is 0 Å². The lowest BCUT2D eigenvalue weighted by molar-refractivity contribution is -0.225. The van der Waals surface area contributed by atoms with E-state index in [2.05, 4.69) is 38.0 Å². The molecule has 0 spiro atoms. The first-order chi connectivity index (χ1) is 61.1. The second kappa shape index (κ2) is 42.5. The summed E-state index contributed by atoms with van der Waals surface area (Å²) in [5.74, 6) is -2.87. The number of esters is 12. The fraction of sp³-hybridized carbons (Fsp3) is 0.796. The van der Waals surface area contributed by atoms with Gasteiger partial charge >= 0.3 is 71.6 Å². The van der Waals surface area contributed by atoms with Crippen LogP contribution in [0.2, 0.25) is 0 Å². The largest absolute Gasteiger partial charge is 0.463 e. The Balaban J connectivity index is 0.000000171. The van der Waals surface area contributed by atoms with E-state index in [0.717, 1.165) is 89.9 Å². The van der Waals surface area contributed by atoms with Gasteiger partial charge in [-0.3, -0.25) is 27.5 Å². The molecule has 32 nitrogen and oxygen atoms in total. The van der Waals surface area contributed by atoms with Crippen LogP contribution in [0.4, 0.5) is 0 Å². The molecule has 132 heavy (non-hydrogen) atoms. The van der Waals surface area contributed by atoms with E-state index < -0.39 is 155 Å². The van der Waals surface area contributed by atoms with E-state index in [9.17, 15) is 84.6 Å². The van der Waals surface area contributed by atoms with Gasteiger partial charge in [0.15, 0.2) is 13.2 Å². The van der Waals surface area contributed by atoms with Crippen molar-refractivity contribution in [1.29, 1.82) is 0 Å². The molecule has 18 aliphatic rings. The van der Waals surface area contributed by atoms with Gasteiger partial charge in [-0.25, -0.2) is 38.4 Å². The van der Waals surface area contributed by atoms with Crippen molar-refractivity contribution >= 4 is 91.9 Å². The van der Waals surface area contributed by atoms with Crippen LogP contribution in [-0.2, 0) is 143 Å². The number of carbonyl (C=O) groups is 12. The summed E-state index contributed by atoms with van der Waals surface area (Å²) in [5, 5.41) is 20.3. The average Bonchev–Trinajstić information content (AvgIpc) is 1.66. The van der Waals surface area contributed by atoms with Crippen molar-refractivity contribution in [2.45, 2.75) is 398 Å². The zero-order valence-corrected chi connectivity index (χ0v) is 82.7. The smallest absolute Gasteiger partial charge is 0.347 e. The van der Waals surface area contributed by atoms with Crippen molar-refractivity contribution in [2.24, 2.45) is 69.0 Å². The second-order valence-electron chi connectivity index (χ2n) is 43.4. The van der Waals surface area contributed by atoms with Gasteiger partial charge in [0.25, 0.3) is 20.2 Å². The highest BCUT2D eigenvalue weighted by Crippen LogP contribution is 2.62. The minimum atomic E-state index is -3.53. The number of ether oxygens (including phenoxy) is 12. The van der Waals surface area contributed by atoms with Crippen LogP contribution in [0.25, 0.3) is 0 Å². The third kappa shape index (κ3) is 27.0. The highest BCUT2D eigenvalue weighted by Gasteiger charge is 2.68. The van der Waals surface area contributed by atoms with Crippen LogP contribution in [-0.4, -0.2) is 206 Å². The molecule has 16 atom stereocenters. The summed E-state index contributed by atoms with van der Waals surface area (Å²) in [6.07, 6.45) is 22.4. The van der Waals surface area contributed by atoms with Gasteiger partial charge in [0.2, 0.25) is 12.2 Å². The fourth-order valence-electron chi connectivity index (χ4n) is 21.5. The molecule has 0 aromatic carbocycles. The number of cyclic esters (lactones) is 2. The van der Waals surface area contributed by atoms with Crippen LogP contribution in [0.1, 0.15) is 317 Å². The molecule has 16 unspecified atom stereocenters. The van der Waals surface area contributed by atoms with Crippen molar-refractivity contribution in [2.75, 3.05) is 26.4 Å². The maximum absolute atomic E-state index is 12.4. The number of fused-ring (bicyclic) bond motifs is 2. The Morgan fingerprint density at radius 1 is 0.409 bits per heavy atom. The van der Waals surface area contributed by atoms with Crippen LogP contribution in [0.15, 0.2) is 48.6 Å². The summed E-state index contributed by atoms with van der Waals surface area (Å²) in [5.41, 5.74) is -2.76. The van der Waals surface area contributed by atoms with Gasteiger partial charge in [0.05, 0.1) is 56.6 Å². The minimum absolute atomic E-state index is 0.00284. The third-order valence-electron chi connectivity index (χ3n) is 30.0. The second-order valence-corrected chi connectivity index (χ2v) is 47.0. The highest BCUT2D eigenvalue weighted by atomic mass is 32.2. The van der Waals surface area contributed by atoms with E-state index in [1.807, 2.05) is 62.3 Å². The Kier molecular flexibility index (Phi) is 34.8. The Bertz CT molecular complexity index is 4530. The van der Waals surface area contributed by atoms with E-state index in [4.69, 9.17) is 60.5 Å². The molecule has 18 fully saturated rings. The quantitative estimate of drug-likeness (QED) is 0.0392. The van der Waals surface area contributed by atoms with Crippen molar-refractivity contribution in [3.8, 4) is 0 Å². The SMILES string of the molecule is C=C(C)C(=O)OC1(C)CCCC1.C=C(C)C(=O)OC12CC3CC(CC(O)(C3)C1)C2.C=C(C)C(=O)OC1CCOC1=O.C=C(C)C(=O)OCC(=O)OC1C2CC3C1OS(=O)(=O)C3C2.CCC(C)(C)C(=O)OC1(C)CCCC1.CCC(C)(C)C(=O)OC12CC3CC(CC(O)(C3)C1)C2.CCC(C)(C)C(=O)OC1CCOC1=O.CCC(C)(C)C(=O)OCC(=O)OC1C2CC3C1OS(=O)(=O)C3C2. The molecule has 14 aliphatic carbocycles. The van der Waals surface area contributed by atoms with Gasteiger partial charge in [-0.1, -0.05) is 54.0 Å². The molecule has 18 rings (SSSR count). The van der Waals surface area contributed by atoms with E-state index in [1.54, 1.807) is 41.5 Å². The summed E-state index contributed by atoms with van der Waals surface area (Å²) in [6.45, 7) is 46.8. The Labute approximate surface area is 779 Å². The summed E-state index contributed by atoms with van der Waals surface area (Å²) >= 11 is 0. The lowest BCUT2D eigenvalue weighted by Gasteiger charge is -2.59. The third-order valence-corrected chi connectivity index (χ3v) is 33.5. The van der Waals surface area contributed by atoms with E-state index >= 15 is 0 Å². The normalized spacial score (nSPS) is 33.3. The molecule has 4 saturated heterocycles. The first kappa shape index (κ1) is 108. The Morgan fingerprint density at radius 3 is 1.10 bits per heavy atom. The van der Waals surface area contributed by atoms with Gasteiger partial charge in [0.1, 0.15) is 46.8 Å². The van der Waals surface area contributed by atoms with Crippen LogP contribution >= 0.6 is 0 Å². The molecule has 4 heterocycles. The molecular weight excluding hydrogens is 1750 g/mol. The highest BCUT2D eigenvalue weighted by molar-refractivity contribution is 7.88. The monoisotopic (exact) mass is 1900 g/mol. The average molecular weight is 1900 g/mol. The number of hydrogen-bond acceptors (Lipinski definition) is 32. The van der Waals surface area contributed by atoms with E-state index in [1.165, 1.54) is 52.4 Å². The van der Waals surface area contributed by atoms with Crippen LogP contribution in [0, 0.1) is 69.0 Å². The molecule has 0 amide bonds. The first-order valence-electron chi connectivity index (χ1n) is 47.4. The van der Waals surface area contributed by atoms with Crippen molar-refractivity contribution in [3.63, 3.8) is 0 Å². The predicted molar refractivity (Wildman–Crippen MR) is 479 cm³/mol. The van der Waals surface area contributed by atoms with Crippen LogP contribution < -0.4 is 0 Å². The van der Waals surface area contributed by atoms with Crippen LogP contribution in [0.3, 0.4) is 0 Å². The Morgan fingerprint density at radius 2 is 0.742 bits per heavy atom. The molecule has 0 aromatic heterocycles. The Hall–Kier alpha value is -7.66. The van der Waals surface area contributed by atoms with E-state index in [-0.39, 0.29) is 86.9 Å². The van der Waals surface area contributed by atoms with Crippen LogP contribution in [0.5, 0.6) is 0 Å². The molecular formula is C98H148O32S2. The lowest BCUT2D eigenvalue weighted by atomic mass is 9.52. The van der Waals surface area contributed by atoms with Gasteiger partial charge in [-0.05, 0) is 288 Å². The summed E-state index contributed by atoms with van der Waals surface area (Å²) in [7, 11) is -7.05. The fourth-order valence-corrected chi connectivity index (χ4v) is 25.3. The molecule has 2 N–H and O–H groups in total. The number of aliphatic hydroxyl groups is 2. The molecule has 4 aliphatic heterocycles. The first-order valence-corrected chi connectivity index (χ1v) is 50.4. The number of rotatable bonds is 24. The molecule has 0 aromatic rings. The predicted octanol–water partition coefficient (Wildman–Crippen LogP) is 13.8. The topological polar surface area (TPSA) is 443 Å². The summed E-state index contributed by atoms with van der Waals surface area (Å²) < 4.78 is 119. The summed E-state index contributed by atoms with van der Waals surface area (Å²) in [4.78, 5) is 138. The minimum Gasteiger partial charge on any atom is -0.463 e. The van der Waals surface area contributed by atoms with Crippen molar-refractivity contribution < 1.29 is 150 Å². The lowest BCUT2D eigenvalue weighted by Crippen LogP contribution is -2.61. The molecule has 0 radical (unpaired) electrons. The number of carbonyl (C=O) groups excluding carboxylic acids is 12. The van der Waals surface area contributed by atoms with Gasteiger partial charge in [-0.2, -0.15) is 16.8 Å². The van der Waals surface area contributed by atoms with E-state index in [0.29, 0.717) is 112 Å². The molecule has 744 valence electrons. The van der Waals surface area contributed by atoms with Gasteiger partial charge in [0, 0.05) is 71.6 Å². The van der Waals surface area contributed by atoms with Gasteiger partial charge < -0.3 is 67.1 Å².